The van der Waals surface area contributed by atoms with Gasteiger partial charge in [-0.15, -0.1) is 0 Å². The van der Waals surface area contributed by atoms with Crippen LogP contribution in [-0.4, -0.2) is 151 Å². The number of amides is 6. The summed E-state index contributed by atoms with van der Waals surface area (Å²) in [7, 11) is -14.1. The Balaban J connectivity index is 0.000000141. The van der Waals surface area contributed by atoms with Gasteiger partial charge in [-0.25, -0.2) is 33.7 Å². The second-order valence-corrected chi connectivity index (χ2v) is 36.3. The average Bonchev–Trinajstić information content (AvgIpc) is 1.25. The third-order valence-electron chi connectivity index (χ3n) is 19.1. The molecular weight excluding hydrogens is 1720 g/mol. The second-order valence-electron chi connectivity index (χ2n) is 27.7. The number of anilines is 10. The monoisotopic (exact) mass is 1790 g/mol. The zero-order valence-electron chi connectivity index (χ0n) is 65.0. The molecule has 0 saturated carbocycles. The number of hydrogen-bond acceptors (Lipinski definition) is 21. The highest BCUT2D eigenvalue weighted by Gasteiger charge is 2.32. The van der Waals surface area contributed by atoms with Crippen molar-refractivity contribution in [1.29, 1.82) is 0 Å². The second kappa shape index (κ2) is 38.2. The fraction of sp³-hybridized carbons (Fsp3) is 0.179. The van der Waals surface area contributed by atoms with Gasteiger partial charge in [-0.3, -0.25) is 46.0 Å². The number of sulfonamides is 4. The molecule has 4 aliphatic heterocycles. The Labute approximate surface area is 715 Å². The van der Waals surface area contributed by atoms with Crippen LogP contribution in [0.2, 0.25) is 15.1 Å². The molecule has 0 bridgehead atoms. The molecule has 6 amide bonds. The van der Waals surface area contributed by atoms with Crippen molar-refractivity contribution in [2.75, 3.05) is 125 Å². The van der Waals surface area contributed by atoms with Gasteiger partial charge in [0.15, 0.2) is 29.3 Å². The number of ether oxygens (including phenoxy) is 4. The van der Waals surface area contributed by atoms with Crippen LogP contribution in [0.4, 0.5) is 56.9 Å². The van der Waals surface area contributed by atoms with Gasteiger partial charge in [0.1, 0.15) is 5.58 Å². The smallest absolute Gasteiger partial charge is 0.259 e. The predicted octanol–water partition coefficient (Wildman–Crippen LogP) is 14.5. The normalized spacial score (nSPS) is 15.6. The Kier molecular flexibility index (Phi) is 27.4. The van der Waals surface area contributed by atoms with Crippen LogP contribution in [0, 0.1) is 20.8 Å². The Morgan fingerprint density at radius 3 is 1.16 bits per heavy atom. The number of benzene rings is 10. The lowest BCUT2D eigenvalue weighted by Gasteiger charge is -2.28. The highest BCUT2D eigenvalue weighted by atomic mass is 35.5. The van der Waals surface area contributed by atoms with E-state index in [2.05, 4.69) is 37.1 Å². The maximum Gasteiger partial charge on any atom is 0.259 e. The highest BCUT2D eigenvalue weighted by molar-refractivity contribution is 7.93. The molecule has 2 aromatic heterocycles. The van der Waals surface area contributed by atoms with E-state index >= 15 is 0 Å². The number of fused-ring (bicyclic) bond motifs is 2. The SMILES string of the molecule is Cc1cc(N2CCOCS2(=O)=O)ccc1C(=O)Nc1ccc(Cl)c(NC(=O)c2cccc(Cl)c2)c1.Cc1ccc(NC(=O)c2ccc(N3CCOCS3(=O)=O)cc2C)cc1NC(=O)c1cccc(Cl)c1.O=C(Nc1ccc2ccoc2c1)c1ccc(N2CCOCS2(=O)=O)cc1.O=C(Nc1ccc2cnoc2c1)c1ccc(N2CCOCS2(=O)=O)cc1. The van der Waals surface area contributed by atoms with Crippen LogP contribution in [0.5, 0.6) is 0 Å². The number of aryl methyl sites for hydroxylation is 3. The van der Waals surface area contributed by atoms with Crippen LogP contribution in [0.25, 0.3) is 21.9 Å². The minimum atomic E-state index is -3.56. The van der Waals surface area contributed by atoms with Gasteiger partial charge in [-0.1, -0.05) is 58.2 Å². The van der Waals surface area contributed by atoms with E-state index in [0.29, 0.717) is 154 Å². The van der Waals surface area contributed by atoms with Crippen LogP contribution in [0.1, 0.15) is 78.8 Å². The number of carbonyl (C=O) groups excluding carboxylic acids is 6. The van der Waals surface area contributed by atoms with Crippen molar-refractivity contribution < 1.29 is 90.3 Å². The molecule has 4 saturated heterocycles. The van der Waals surface area contributed by atoms with Crippen LogP contribution in [-0.2, 0) is 59.0 Å². The molecule has 16 rings (SSSR count). The zero-order valence-corrected chi connectivity index (χ0v) is 70.5. The Bertz CT molecular complexity index is 6100. The van der Waals surface area contributed by atoms with Crippen molar-refractivity contribution in [2.24, 2.45) is 0 Å². The molecule has 4 fully saturated rings. The summed E-state index contributed by atoms with van der Waals surface area (Å²) >= 11 is 18.2. The molecule has 0 aliphatic carbocycles. The summed E-state index contributed by atoms with van der Waals surface area (Å²) in [6.45, 7) is 7.56. The van der Waals surface area contributed by atoms with Crippen molar-refractivity contribution in [3.05, 3.63) is 290 Å². The quantitative estimate of drug-likeness (QED) is 0.0523. The first kappa shape index (κ1) is 87.6. The summed E-state index contributed by atoms with van der Waals surface area (Å²) in [6.07, 6.45) is 3.19. The highest BCUT2D eigenvalue weighted by Crippen LogP contribution is 2.33. The number of halogens is 3. The Morgan fingerprint density at radius 2 is 0.721 bits per heavy atom. The summed E-state index contributed by atoms with van der Waals surface area (Å²) in [6, 6.07) is 58.0. The Hall–Kier alpha value is -12.3. The van der Waals surface area contributed by atoms with Crippen molar-refractivity contribution in [3.8, 4) is 0 Å². The third-order valence-corrected chi connectivity index (χ3v) is 26.0. The maximum absolute atomic E-state index is 13.0. The molecule has 6 N–H and O–H groups in total. The first-order valence-electron chi connectivity index (χ1n) is 37.2. The van der Waals surface area contributed by atoms with Gasteiger partial charge in [0, 0.05) is 94.8 Å². The van der Waals surface area contributed by atoms with E-state index < -0.39 is 51.9 Å². The standard InChI is InChI=1S/C25H24ClN3O5S.C24H21Cl2N3O5S.C18H16N2O5S.C17H15N3O5S/c1-16-6-7-20(14-23(16)28-24(30)18-4-3-5-19(26)13-18)27-25(31)22-9-8-21(12-17(22)2)29-10-11-34-15-35(29,32)33;1-15-11-19(29-9-10-34-14-35(29,32)33)6-7-20(15)24(31)27-18-5-8-21(26)22(13-18)28-23(30)16-3-2-4-17(25)12-16;21-18(19-15-4-1-13-7-9-25-17(13)11-15)14-2-5-16(6-3-14)20-8-10-24-12-26(20,22)23;21-17(19-14-4-1-13-10-18-25-16(13)9-14)12-2-5-15(6-3-12)20-7-8-24-11-26(20,22)23/h3-9,12-14H,10-11,15H2,1-2H3,(H,27,31)(H,28,30);2-8,11-13H,9-10,14H2,1H3,(H,27,31)(H,28,30);1-7,9,11H,8,10,12H2,(H,19,21);1-6,9-10H,7-8,11H2,(H,19,21). The van der Waals surface area contributed by atoms with E-state index in [0.717, 1.165) is 16.3 Å². The maximum atomic E-state index is 13.0. The fourth-order valence-corrected chi connectivity index (χ4v) is 18.4. The lowest BCUT2D eigenvalue weighted by molar-refractivity contribution is 0.101. The molecule has 0 radical (unpaired) electrons. The van der Waals surface area contributed by atoms with E-state index in [9.17, 15) is 62.4 Å². The molecule has 6 heterocycles. The lowest BCUT2D eigenvalue weighted by Crippen LogP contribution is -2.41. The van der Waals surface area contributed by atoms with Crippen LogP contribution >= 0.6 is 34.8 Å². The van der Waals surface area contributed by atoms with Gasteiger partial charge in [-0.05, 0) is 219 Å². The van der Waals surface area contributed by atoms with Crippen LogP contribution in [0.15, 0.2) is 234 Å². The van der Waals surface area contributed by atoms with Crippen molar-refractivity contribution in [1.82, 2.24) is 5.16 Å². The molecule has 122 heavy (non-hydrogen) atoms. The number of nitrogens with zero attached hydrogens (tertiary/aromatic N) is 5. The number of hydrogen-bond donors (Lipinski definition) is 6. The first-order chi connectivity index (χ1) is 58.3. The summed E-state index contributed by atoms with van der Waals surface area (Å²) in [5.74, 6) is -3.45. The topological polar surface area (TPSA) is 400 Å². The third kappa shape index (κ3) is 21.7. The van der Waals surface area contributed by atoms with Crippen molar-refractivity contribution in [3.63, 3.8) is 0 Å². The van der Waals surface area contributed by atoms with Gasteiger partial charge >= 0.3 is 0 Å². The molecule has 632 valence electrons. The number of aromatic nitrogens is 1. The molecule has 0 atom stereocenters. The lowest BCUT2D eigenvalue weighted by atomic mass is 10.1. The number of furan rings is 1. The van der Waals surface area contributed by atoms with Crippen LogP contribution < -0.4 is 49.1 Å². The van der Waals surface area contributed by atoms with Gasteiger partial charge in [0.2, 0.25) is 0 Å². The molecule has 12 aromatic rings. The first-order valence-corrected chi connectivity index (χ1v) is 44.8. The van der Waals surface area contributed by atoms with Gasteiger partial charge in [0.25, 0.3) is 75.5 Å². The van der Waals surface area contributed by atoms with E-state index in [1.165, 1.54) is 23.3 Å². The average molecular weight is 1790 g/mol. The van der Waals surface area contributed by atoms with Crippen molar-refractivity contribution >= 4 is 189 Å². The number of carbonyl (C=O) groups is 6. The predicted molar refractivity (Wildman–Crippen MR) is 467 cm³/mol. The summed E-state index contributed by atoms with van der Waals surface area (Å²) in [5, 5.41) is 23.5. The molecule has 4 aliphatic rings. The van der Waals surface area contributed by atoms with E-state index in [1.54, 1.807) is 220 Å². The van der Waals surface area contributed by atoms with E-state index in [-0.39, 0.29) is 73.6 Å². The molecular formula is C84H76Cl3N11O20S4. The molecule has 31 nitrogen and oxygen atoms in total. The number of rotatable bonds is 16. The summed E-state index contributed by atoms with van der Waals surface area (Å²) in [4.78, 5) is 75.9. The number of nitrogens with one attached hydrogen (secondary N) is 6. The minimum absolute atomic E-state index is 0.210. The van der Waals surface area contributed by atoms with Gasteiger partial charge in [0.05, 0.1) is 98.5 Å². The summed E-state index contributed by atoms with van der Waals surface area (Å²) in [5.41, 5.74) is 10.7. The molecule has 0 unspecified atom stereocenters. The largest absolute Gasteiger partial charge is 0.464 e. The minimum Gasteiger partial charge on any atom is -0.464 e. The summed E-state index contributed by atoms with van der Waals surface area (Å²) < 4.78 is 133. The van der Waals surface area contributed by atoms with E-state index in [4.69, 9.17) is 62.7 Å². The van der Waals surface area contributed by atoms with Gasteiger partial charge < -0.3 is 59.8 Å². The molecule has 38 heteroatoms. The zero-order chi connectivity index (χ0) is 86.6. The van der Waals surface area contributed by atoms with Crippen molar-refractivity contribution in [2.45, 2.75) is 20.8 Å². The molecule has 10 aromatic carbocycles. The van der Waals surface area contributed by atoms with Crippen LogP contribution in [0.3, 0.4) is 0 Å². The van der Waals surface area contributed by atoms with Gasteiger partial charge in [-0.2, -0.15) is 0 Å². The van der Waals surface area contributed by atoms with E-state index in [1.807, 2.05) is 19.1 Å². The molecule has 0 spiro atoms. The fourth-order valence-electron chi connectivity index (χ4n) is 12.8. The Morgan fingerprint density at radius 1 is 0.344 bits per heavy atom.